The Bertz CT molecular complexity index is 1300. The van der Waals surface area contributed by atoms with Gasteiger partial charge < -0.3 is 4.98 Å². The quantitative estimate of drug-likeness (QED) is 0.312. The summed E-state index contributed by atoms with van der Waals surface area (Å²) in [7, 11) is 0. The van der Waals surface area contributed by atoms with Gasteiger partial charge in [0, 0.05) is 39.3 Å². The minimum absolute atomic E-state index is 1.18. The first-order chi connectivity index (χ1) is 11.9. The molecule has 0 atom stereocenters. The van der Waals surface area contributed by atoms with Crippen LogP contribution in [0.5, 0.6) is 0 Å². The molecule has 0 saturated carbocycles. The lowest BCUT2D eigenvalue weighted by Gasteiger charge is -2.02. The van der Waals surface area contributed by atoms with E-state index in [0.29, 0.717) is 0 Å². The van der Waals surface area contributed by atoms with Crippen LogP contribution in [0.4, 0.5) is 0 Å². The minimum Gasteiger partial charge on any atom is -0.354 e. The number of nitrogens with one attached hydrogen (secondary N) is 1. The standard InChI is InChI=1S/C22H12NS/c1-2-6-14-13(5-1)9-10-20-22(14)17-11-16-15-7-3-4-8-18(15)23-19(16)12-21(17)24-20/h1-8,10-12,23H/q+1. The molecule has 6 rings (SSSR count). The molecule has 0 unspecified atom stereocenters. The molecule has 1 aliphatic rings. The van der Waals surface area contributed by atoms with Crippen LogP contribution in [0.15, 0.2) is 60.7 Å². The van der Waals surface area contributed by atoms with Gasteiger partial charge in [0.2, 0.25) is 0 Å². The number of rotatable bonds is 0. The number of benzene rings is 3. The fourth-order valence-electron chi connectivity index (χ4n) is 3.81. The van der Waals surface area contributed by atoms with E-state index in [9.17, 15) is 0 Å². The summed E-state index contributed by atoms with van der Waals surface area (Å²) in [5.41, 5.74) is 6.25. The molecular weight excluding hydrogens is 310 g/mol. The van der Waals surface area contributed by atoms with Crippen molar-refractivity contribution in [2.24, 2.45) is 0 Å². The minimum atomic E-state index is 1.18. The van der Waals surface area contributed by atoms with E-state index in [-0.39, 0.29) is 0 Å². The van der Waals surface area contributed by atoms with E-state index in [1.807, 2.05) is 11.3 Å². The fraction of sp³-hybridized carbons (Fsp3) is 0. The molecule has 0 amide bonds. The summed E-state index contributed by atoms with van der Waals surface area (Å²) >= 11 is 1.85. The van der Waals surface area contributed by atoms with Crippen molar-refractivity contribution in [2.75, 3.05) is 0 Å². The van der Waals surface area contributed by atoms with Crippen LogP contribution in [0.3, 0.4) is 0 Å². The number of hydrogen-bond acceptors (Lipinski definition) is 1. The summed E-state index contributed by atoms with van der Waals surface area (Å²) in [5, 5.41) is 3.94. The van der Waals surface area contributed by atoms with Crippen molar-refractivity contribution in [3.63, 3.8) is 0 Å². The van der Waals surface area contributed by atoms with E-state index in [4.69, 9.17) is 0 Å². The number of hydrogen-bond donors (Lipinski definition) is 1. The van der Waals surface area contributed by atoms with Crippen molar-refractivity contribution in [1.29, 1.82) is 0 Å². The van der Waals surface area contributed by atoms with E-state index in [0.717, 1.165) is 0 Å². The lowest BCUT2D eigenvalue weighted by atomic mass is 9.92. The first-order valence-electron chi connectivity index (χ1n) is 8.04. The van der Waals surface area contributed by atoms with Crippen molar-refractivity contribution in [2.45, 2.75) is 0 Å². The van der Waals surface area contributed by atoms with Crippen molar-refractivity contribution in [3.8, 4) is 11.1 Å². The van der Waals surface area contributed by atoms with Gasteiger partial charge in [-0.3, -0.25) is 0 Å². The molecule has 110 valence electrons. The Morgan fingerprint density at radius 2 is 1.67 bits per heavy atom. The smallest absolute Gasteiger partial charge is 0.155 e. The van der Waals surface area contributed by atoms with Gasteiger partial charge >= 0.3 is 0 Å². The van der Waals surface area contributed by atoms with Crippen LogP contribution in [0.1, 0.15) is 10.4 Å². The van der Waals surface area contributed by atoms with Gasteiger partial charge in [-0.05, 0) is 36.4 Å². The van der Waals surface area contributed by atoms with Gasteiger partial charge in [0.05, 0.1) is 21.9 Å². The van der Waals surface area contributed by atoms with Crippen molar-refractivity contribution in [3.05, 3.63) is 77.2 Å². The lowest BCUT2D eigenvalue weighted by molar-refractivity contribution is 1.55. The number of para-hydroxylation sites is 1. The summed E-state index contributed by atoms with van der Waals surface area (Å²) in [6, 6.07) is 21.7. The van der Waals surface area contributed by atoms with Gasteiger partial charge in [-0.15, -0.1) is 0 Å². The first kappa shape index (κ1) is 12.5. The third kappa shape index (κ3) is 1.52. The van der Waals surface area contributed by atoms with Crippen LogP contribution in [0, 0.1) is 6.08 Å². The van der Waals surface area contributed by atoms with Crippen LogP contribution in [-0.4, -0.2) is 4.98 Å². The number of aromatic nitrogens is 1. The SMILES string of the molecule is [C+]1=Cc2sc3cc4[nH]c5ccccc5c4cc3c2-c2ccccc21. The summed E-state index contributed by atoms with van der Waals surface area (Å²) in [4.78, 5) is 4.86. The van der Waals surface area contributed by atoms with Gasteiger partial charge in [0.25, 0.3) is 0 Å². The molecule has 2 heteroatoms. The number of thiophene rings is 1. The van der Waals surface area contributed by atoms with Crippen LogP contribution < -0.4 is 0 Å². The van der Waals surface area contributed by atoms with Crippen LogP contribution in [0.25, 0.3) is 49.1 Å². The highest BCUT2D eigenvalue weighted by Crippen LogP contribution is 2.45. The largest absolute Gasteiger partial charge is 0.354 e. The molecule has 0 saturated heterocycles. The first-order valence-corrected chi connectivity index (χ1v) is 8.86. The number of aromatic amines is 1. The predicted molar refractivity (Wildman–Crippen MR) is 103 cm³/mol. The second-order valence-corrected chi connectivity index (χ2v) is 7.32. The second kappa shape index (κ2) is 4.33. The Labute approximate surface area is 142 Å². The molecule has 2 heterocycles. The van der Waals surface area contributed by atoms with Gasteiger partial charge in [-0.1, -0.05) is 29.5 Å². The van der Waals surface area contributed by atoms with Crippen molar-refractivity contribution in [1.82, 2.24) is 4.98 Å². The zero-order valence-corrected chi connectivity index (χ0v) is 13.6. The van der Waals surface area contributed by atoms with E-state index >= 15 is 0 Å². The maximum absolute atomic E-state index is 3.55. The van der Waals surface area contributed by atoms with Crippen LogP contribution >= 0.6 is 11.3 Å². The van der Waals surface area contributed by atoms with E-state index in [1.54, 1.807) is 0 Å². The van der Waals surface area contributed by atoms with E-state index in [2.05, 4.69) is 77.8 Å². The van der Waals surface area contributed by atoms with Gasteiger partial charge in [0.15, 0.2) is 5.56 Å². The molecule has 0 spiro atoms. The van der Waals surface area contributed by atoms with Crippen LogP contribution in [0.2, 0.25) is 0 Å². The third-order valence-electron chi connectivity index (χ3n) is 4.90. The number of fused-ring (bicyclic) bond motifs is 8. The lowest BCUT2D eigenvalue weighted by Crippen LogP contribution is -1.89. The Hall–Kier alpha value is -2.93. The molecule has 1 nitrogen and oxygen atoms in total. The highest BCUT2D eigenvalue weighted by Gasteiger charge is 2.25. The molecular formula is C22H12NS+. The monoisotopic (exact) mass is 322 g/mol. The molecule has 0 fully saturated rings. The molecule has 3 aromatic carbocycles. The zero-order valence-electron chi connectivity index (χ0n) is 12.8. The number of H-pyrrole nitrogens is 1. The Kier molecular flexibility index (Phi) is 2.25. The normalized spacial score (nSPS) is 12.5. The maximum atomic E-state index is 3.55. The summed E-state index contributed by atoms with van der Waals surface area (Å²) in [5.74, 6) is 0. The van der Waals surface area contributed by atoms with Crippen molar-refractivity contribution >= 4 is 49.3 Å². The van der Waals surface area contributed by atoms with Crippen molar-refractivity contribution < 1.29 is 0 Å². The third-order valence-corrected chi connectivity index (χ3v) is 6.00. The Balaban J connectivity index is 1.79. The summed E-state index contributed by atoms with van der Waals surface area (Å²) in [6.45, 7) is 0. The molecule has 24 heavy (non-hydrogen) atoms. The zero-order chi connectivity index (χ0) is 15.7. The fourth-order valence-corrected chi connectivity index (χ4v) is 4.93. The molecule has 1 N–H and O–H groups in total. The predicted octanol–water partition coefficient (Wildman–Crippen LogP) is 6.38. The Morgan fingerprint density at radius 3 is 2.67 bits per heavy atom. The van der Waals surface area contributed by atoms with Crippen LogP contribution in [-0.2, 0) is 0 Å². The summed E-state index contributed by atoms with van der Waals surface area (Å²) < 4.78 is 1.33. The van der Waals surface area contributed by atoms with E-state index < -0.39 is 0 Å². The van der Waals surface area contributed by atoms with Gasteiger partial charge in [-0.2, -0.15) is 0 Å². The maximum Gasteiger partial charge on any atom is 0.155 e. The highest BCUT2D eigenvalue weighted by molar-refractivity contribution is 7.20. The average Bonchev–Trinajstić information content (AvgIpc) is 3.17. The topological polar surface area (TPSA) is 15.8 Å². The molecule has 0 bridgehead atoms. The van der Waals surface area contributed by atoms with E-state index in [1.165, 1.54) is 53.5 Å². The van der Waals surface area contributed by atoms with Gasteiger partial charge in [0.1, 0.15) is 4.88 Å². The van der Waals surface area contributed by atoms with Gasteiger partial charge in [-0.25, -0.2) is 0 Å². The highest BCUT2D eigenvalue weighted by atomic mass is 32.1. The summed E-state index contributed by atoms with van der Waals surface area (Å²) in [6.07, 6.45) is 5.56. The second-order valence-electron chi connectivity index (χ2n) is 6.24. The molecule has 5 aromatic rings. The molecule has 2 aromatic heterocycles. The Morgan fingerprint density at radius 1 is 0.792 bits per heavy atom. The average molecular weight is 322 g/mol. The molecule has 0 aliphatic heterocycles. The molecule has 0 radical (unpaired) electrons. The molecule has 1 aliphatic carbocycles.